The van der Waals surface area contributed by atoms with Gasteiger partial charge in [0.05, 0.1) is 13.2 Å². The van der Waals surface area contributed by atoms with Gasteiger partial charge in [-0.25, -0.2) is 0 Å². The van der Waals surface area contributed by atoms with E-state index in [1.54, 1.807) is 48.5 Å². The van der Waals surface area contributed by atoms with Gasteiger partial charge in [0, 0.05) is 24.2 Å². The number of hydrogen-bond acceptors (Lipinski definition) is 12. The molecule has 2 saturated heterocycles. The van der Waals surface area contributed by atoms with Crippen LogP contribution in [0.5, 0.6) is 0 Å². The van der Waals surface area contributed by atoms with Crippen LogP contribution in [-0.4, -0.2) is 128 Å². The maximum Gasteiger partial charge on any atom is 0.251 e. The summed E-state index contributed by atoms with van der Waals surface area (Å²) in [5.74, 6) is -0.621. The number of benzene rings is 2. The van der Waals surface area contributed by atoms with Gasteiger partial charge >= 0.3 is 0 Å². The Hall–Kier alpha value is -3.02. The number of unbranched alkanes of at least 4 members (excludes halogenated alkanes) is 4. The highest BCUT2D eigenvalue weighted by molar-refractivity contribution is 5.94. The molecule has 14 heteroatoms. The molecule has 0 aromatic heterocycles. The van der Waals surface area contributed by atoms with Crippen molar-refractivity contribution in [1.82, 2.24) is 10.6 Å². The number of aliphatic hydroxyl groups excluding tert-OH is 8. The van der Waals surface area contributed by atoms with Crippen LogP contribution in [0.1, 0.15) is 76.2 Å². The third-order valence-electron chi connectivity index (χ3n) is 8.66. The molecule has 2 aromatic carbocycles. The Morgan fingerprint density at radius 3 is 1.32 bits per heavy atom. The highest BCUT2D eigenvalue weighted by Crippen LogP contribution is 2.34. The van der Waals surface area contributed by atoms with Gasteiger partial charge in [-0.1, -0.05) is 43.5 Å². The number of amides is 2. The fourth-order valence-electron chi connectivity index (χ4n) is 5.86. The van der Waals surface area contributed by atoms with Gasteiger partial charge < -0.3 is 61.0 Å². The maximum atomic E-state index is 12.7. The van der Waals surface area contributed by atoms with Gasteiger partial charge in [-0.15, -0.1) is 0 Å². The number of carbonyl (C=O) groups excluding carboxylic acids is 2. The standard InChI is InChI=1S/C33H46N2O12/c36-16-22-24(38)26(40)28(42)30(46-22)18-8-6-10-20(14-18)32(44)34-12-4-2-1-3-5-13-35-33(45)21-11-7-9-19(15-21)31-29(43)27(41)25(39)23(17-37)47-31/h6-11,14-15,22-31,36-43H,1-5,12-13,16-17H2,(H,34,44)(H,35,45)/t22-,23-,24-,25-,26+,27+,28+,29?,30-,31-/m1/s1. The van der Waals surface area contributed by atoms with Crippen molar-refractivity contribution in [2.45, 2.75) is 93.1 Å². The molecule has 260 valence electrons. The molecule has 2 aromatic rings. The van der Waals surface area contributed by atoms with E-state index in [0.717, 1.165) is 32.1 Å². The SMILES string of the molecule is O=C(NCCCCCCCNC(=O)c1cccc([C@H]2O[C@H](CO)[C@@H](O)[C@H](O)[C@@H]2O)c1)c1cccc([C@H]2O[C@H](CO)[C@@H](O)[C@H](O)C2O)c1. The van der Waals surface area contributed by atoms with Crippen LogP contribution in [0.25, 0.3) is 0 Å². The monoisotopic (exact) mass is 662 g/mol. The molecule has 0 radical (unpaired) electrons. The molecule has 0 saturated carbocycles. The maximum absolute atomic E-state index is 12.7. The van der Waals surface area contributed by atoms with Gasteiger partial charge in [0.15, 0.2) is 0 Å². The predicted molar refractivity (Wildman–Crippen MR) is 166 cm³/mol. The van der Waals surface area contributed by atoms with Crippen LogP contribution >= 0.6 is 0 Å². The molecule has 2 aliphatic heterocycles. The first-order valence-electron chi connectivity index (χ1n) is 15.9. The van der Waals surface area contributed by atoms with E-state index in [9.17, 15) is 50.4 Å². The van der Waals surface area contributed by atoms with Crippen molar-refractivity contribution in [2.24, 2.45) is 0 Å². The Morgan fingerprint density at radius 2 is 0.936 bits per heavy atom. The zero-order valence-electron chi connectivity index (χ0n) is 26.0. The van der Waals surface area contributed by atoms with Crippen LogP contribution in [0, 0.1) is 0 Å². The predicted octanol–water partition coefficient (Wildman–Crippen LogP) is -1.17. The molecule has 1 unspecified atom stereocenters. The molecule has 10 atom stereocenters. The number of aliphatic hydroxyl groups is 8. The van der Waals surface area contributed by atoms with Crippen LogP contribution in [0.4, 0.5) is 0 Å². The van der Waals surface area contributed by atoms with Crippen molar-refractivity contribution in [1.29, 1.82) is 0 Å². The Morgan fingerprint density at radius 1 is 0.553 bits per heavy atom. The molecule has 10 N–H and O–H groups in total. The van der Waals surface area contributed by atoms with Gasteiger partial charge in [-0.05, 0) is 48.2 Å². The Kier molecular flexibility index (Phi) is 13.6. The van der Waals surface area contributed by atoms with Crippen molar-refractivity contribution in [3.05, 3.63) is 70.8 Å². The lowest BCUT2D eigenvalue weighted by Crippen LogP contribution is -2.55. The van der Waals surface area contributed by atoms with E-state index in [2.05, 4.69) is 10.6 Å². The fourth-order valence-corrected chi connectivity index (χ4v) is 5.86. The minimum atomic E-state index is -1.51. The molecule has 2 heterocycles. The second-order valence-corrected chi connectivity index (χ2v) is 12.0. The van der Waals surface area contributed by atoms with E-state index in [1.165, 1.54) is 0 Å². The van der Waals surface area contributed by atoms with E-state index < -0.39 is 74.3 Å². The van der Waals surface area contributed by atoms with Crippen LogP contribution in [-0.2, 0) is 9.47 Å². The minimum absolute atomic E-state index is 0.310. The third-order valence-corrected chi connectivity index (χ3v) is 8.66. The van der Waals surface area contributed by atoms with E-state index >= 15 is 0 Å². The third kappa shape index (κ3) is 9.12. The molecule has 4 rings (SSSR count). The lowest BCUT2D eigenvalue weighted by molar-refractivity contribution is -0.231. The molecule has 14 nitrogen and oxygen atoms in total. The second-order valence-electron chi connectivity index (χ2n) is 12.0. The number of ether oxygens (including phenoxy) is 2. The number of nitrogens with one attached hydrogen (secondary N) is 2. The van der Waals surface area contributed by atoms with Crippen molar-refractivity contribution in [3.8, 4) is 0 Å². The Balaban J connectivity index is 1.13. The van der Waals surface area contributed by atoms with Crippen LogP contribution in [0.2, 0.25) is 0 Å². The summed E-state index contributed by atoms with van der Waals surface area (Å²) in [7, 11) is 0. The van der Waals surface area contributed by atoms with E-state index in [1.807, 2.05) is 0 Å². The average molecular weight is 663 g/mol. The highest BCUT2D eigenvalue weighted by Gasteiger charge is 2.45. The second kappa shape index (κ2) is 17.4. The van der Waals surface area contributed by atoms with Crippen molar-refractivity contribution in [2.75, 3.05) is 26.3 Å². The molecular formula is C33H46N2O12. The van der Waals surface area contributed by atoms with Gasteiger partial charge in [0.2, 0.25) is 0 Å². The number of rotatable bonds is 14. The summed E-state index contributed by atoms with van der Waals surface area (Å²) in [5.41, 5.74) is 1.55. The summed E-state index contributed by atoms with van der Waals surface area (Å²) in [4.78, 5) is 25.4. The molecule has 2 amide bonds. The lowest BCUT2D eigenvalue weighted by Gasteiger charge is -2.40. The van der Waals surface area contributed by atoms with Crippen LogP contribution in [0.15, 0.2) is 48.5 Å². The fraction of sp³-hybridized carbons (Fsp3) is 0.576. The van der Waals surface area contributed by atoms with Crippen LogP contribution < -0.4 is 10.6 Å². The van der Waals surface area contributed by atoms with Crippen molar-refractivity contribution < 1.29 is 59.9 Å². The molecule has 2 fully saturated rings. The molecular weight excluding hydrogens is 616 g/mol. The zero-order valence-corrected chi connectivity index (χ0v) is 26.0. The lowest BCUT2D eigenvalue weighted by atomic mass is 9.90. The largest absolute Gasteiger partial charge is 0.394 e. The van der Waals surface area contributed by atoms with Gasteiger partial charge in [0.1, 0.15) is 61.0 Å². The van der Waals surface area contributed by atoms with Crippen LogP contribution in [0.3, 0.4) is 0 Å². The van der Waals surface area contributed by atoms with Gasteiger partial charge in [-0.2, -0.15) is 0 Å². The summed E-state index contributed by atoms with van der Waals surface area (Å²) in [5, 5.41) is 85.5. The topological polar surface area (TPSA) is 238 Å². The van der Waals surface area contributed by atoms with Crippen molar-refractivity contribution in [3.63, 3.8) is 0 Å². The van der Waals surface area contributed by atoms with Crippen molar-refractivity contribution >= 4 is 11.8 Å². The Labute approximate surface area is 272 Å². The quantitative estimate of drug-likeness (QED) is 0.108. The summed E-state index contributed by atoms with van der Waals surface area (Å²) >= 11 is 0. The minimum Gasteiger partial charge on any atom is -0.394 e. The smallest absolute Gasteiger partial charge is 0.251 e. The number of hydrogen-bond donors (Lipinski definition) is 10. The van der Waals surface area contributed by atoms with Gasteiger partial charge in [0.25, 0.3) is 11.8 Å². The average Bonchev–Trinajstić information content (AvgIpc) is 3.09. The zero-order chi connectivity index (χ0) is 34.1. The molecule has 47 heavy (non-hydrogen) atoms. The van der Waals surface area contributed by atoms with E-state index in [4.69, 9.17) is 9.47 Å². The molecule has 0 aliphatic carbocycles. The molecule has 0 spiro atoms. The first-order valence-corrected chi connectivity index (χ1v) is 15.9. The summed E-state index contributed by atoms with van der Waals surface area (Å²) in [6, 6.07) is 12.8. The van der Waals surface area contributed by atoms with E-state index in [-0.39, 0.29) is 11.8 Å². The highest BCUT2D eigenvalue weighted by atomic mass is 16.6. The molecule has 2 aliphatic rings. The summed E-state index contributed by atoms with van der Waals surface area (Å²) < 4.78 is 11.2. The van der Waals surface area contributed by atoms with E-state index in [0.29, 0.717) is 35.3 Å². The molecule has 0 bridgehead atoms. The van der Waals surface area contributed by atoms with Gasteiger partial charge in [-0.3, -0.25) is 9.59 Å². The number of carbonyl (C=O) groups is 2. The normalized spacial score (nSPS) is 30.9. The first kappa shape index (κ1) is 36.8. The Bertz CT molecular complexity index is 1210. The summed E-state index contributed by atoms with van der Waals surface area (Å²) in [6.45, 7) is -0.182. The summed E-state index contributed by atoms with van der Waals surface area (Å²) in [6.07, 6.45) is -8.84. The first-order chi connectivity index (χ1) is 22.6.